The number of rotatable bonds is 22. The second-order valence-corrected chi connectivity index (χ2v) is 9.42. The summed E-state index contributed by atoms with van der Waals surface area (Å²) in [5.41, 5.74) is 0. The monoisotopic (exact) mass is 510 g/mol. The molecule has 0 fully saturated rings. The lowest BCUT2D eigenvalue weighted by molar-refractivity contribution is -0.161. The maximum atomic E-state index is 12.2. The SMILES string of the molecule is CCCC/C=C\CCCCCCCC(=O)OC(COC(=O)CC)COP(=O)(O)OCC(O)CO. The van der Waals surface area contributed by atoms with Gasteiger partial charge in [0.25, 0.3) is 0 Å². The van der Waals surface area contributed by atoms with Gasteiger partial charge in [-0.15, -0.1) is 0 Å². The van der Waals surface area contributed by atoms with E-state index in [0.29, 0.717) is 6.42 Å². The van der Waals surface area contributed by atoms with Gasteiger partial charge < -0.3 is 24.6 Å². The van der Waals surface area contributed by atoms with Crippen molar-refractivity contribution in [2.45, 2.75) is 96.7 Å². The maximum absolute atomic E-state index is 12.2. The molecule has 0 spiro atoms. The molecule has 0 aromatic rings. The first-order valence-electron chi connectivity index (χ1n) is 12.1. The molecule has 0 radical (unpaired) electrons. The van der Waals surface area contributed by atoms with Gasteiger partial charge in [0.05, 0.1) is 19.8 Å². The average molecular weight is 511 g/mol. The fourth-order valence-electron chi connectivity index (χ4n) is 2.72. The van der Waals surface area contributed by atoms with E-state index in [-0.39, 0.29) is 19.4 Å². The van der Waals surface area contributed by atoms with Gasteiger partial charge in [0.1, 0.15) is 12.7 Å². The molecule has 3 unspecified atom stereocenters. The van der Waals surface area contributed by atoms with Crippen molar-refractivity contribution in [1.82, 2.24) is 0 Å². The number of carbonyl (C=O) groups excluding carboxylic acids is 2. The lowest BCUT2D eigenvalue weighted by Gasteiger charge is -2.20. The van der Waals surface area contributed by atoms with Crippen molar-refractivity contribution in [3.8, 4) is 0 Å². The van der Waals surface area contributed by atoms with E-state index in [1.807, 2.05) is 0 Å². The predicted molar refractivity (Wildman–Crippen MR) is 127 cm³/mol. The molecular formula is C23H43O10P. The minimum absolute atomic E-state index is 0.122. The van der Waals surface area contributed by atoms with Crippen LogP contribution in [0.15, 0.2) is 12.2 Å². The first-order valence-corrected chi connectivity index (χ1v) is 13.6. The molecule has 0 aliphatic heterocycles. The number of unbranched alkanes of at least 4 members (excludes halogenated alkanes) is 7. The molecule has 0 aliphatic rings. The topological polar surface area (TPSA) is 149 Å². The molecule has 0 amide bonds. The van der Waals surface area contributed by atoms with E-state index < -0.39 is 51.8 Å². The summed E-state index contributed by atoms with van der Waals surface area (Å²) in [7, 11) is -4.57. The Morgan fingerprint density at radius 1 is 0.882 bits per heavy atom. The van der Waals surface area contributed by atoms with Crippen molar-refractivity contribution in [2.24, 2.45) is 0 Å². The van der Waals surface area contributed by atoms with Gasteiger partial charge >= 0.3 is 19.8 Å². The standard InChI is InChI=1S/C23H43O10P/c1-3-5-6-7-8-9-10-11-12-13-14-15-23(27)33-21(18-30-22(26)4-2)19-32-34(28,29)31-17-20(25)16-24/h7-8,20-21,24-25H,3-6,9-19H2,1-2H3,(H,28,29)/b8-7-. The first kappa shape index (κ1) is 32.7. The van der Waals surface area contributed by atoms with Crippen LogP contribution in [0.2, 0.25) is 0 Å². The number of allylic oxidation sites excluding steroid dienone is 2. The number of hydrogen-bond donors (Lipinski definition) is 3. The minimum atomic E-state index is -4.57. The Labute approximate surface area is 203 Å². The largest absolute Gasteiger partial charge is 0.472 e. The van der Waals surface area contributed by atoms with E-state index in [0.717, 1.165) is 38.5 Å². The van der Waals surface area contributed by atoms with E-state index in [1.54, 1.807) is 6.92 Å². The summed E-state index contributed by atoms with van der Waals surface area (Å²) in [4.78, 5) is 33.2. The van der Waals surface area contributed by atoms with Crippen molar-refractivity contribution in [1.29, 1.82) is 0 Å². The summed E-state index contributed by atoms with van der Waals surface area (Å²) < 4.78 is 31.4. The summed E-state index contributed by atoms with van der Waals surface area (Å²) in [6, 6.07) is 0. The second kappa shape index (κ2) is 21.0. The molecular weight excluding hydrogens is 467 g/mol. The molecule has 0 rings (SSSR count). The Bertz CT molecular complexity index is 611. The molecule has 0 saturated heterocycles. The van der Waals surface area contributed by atoms with E-state index in [9.17, 15) is 24.2 Å². The van der Waals surface area contributed by atoms with Crippen LogP contribution >= 0.6 is 7.82 Å². The Kier molecular flexibility index (Phi) is 20.2. The van der Waals surface area contributed by atoms with Gasteiger partial charge in [-0.25, -0.2) is 4.57 Å². The molecule has 0 aliphatic carbocycles. The van der Waals surface area contributed by atoms with Crippen LogP contribution in [0.1, 0.15) is 84.5 Å². The third-order valence-corrected chi connectivity index (χ3v) is 5.67. The van der Waals surface area contributed by atoms with E-state index in [4.69, 9.17) is 19.1 Å². The smallest absolute Gasteiger partial charge is 0.462 e. The van der Waals surface area contributed by atoms with Gasteiger partial charge in [-0.05, 0) is 25.7 Å². The van der Waals surface area contributed by atoms with Crippen LogP contribution in [0.5, 0.6) is 0 Å². The van der Waals surface area contributed by atoms with Crippen LogP contribution in [-0.4, -0.2) is 65.7 Å². The van der Waals surface area contributed by atoms with Crippen LogP contribution in [0.4, 0.5) is 0 Å². The molecule has 0 saturated carbocycles. The average Bonchev–Trinajstić information content (AvgIpc) is 2.82. The van der Waals surface area contributed by atoms with Crippen molar-refractivity contribution in [2.75, 3.05) is 26.4 Å². The normalized spacial score (nSPS) is 15.1. The highest BCUT2D eigenvalue weighted by atomic mass is 31.2. The van der Waals surface area contributed by atoms with Gasteiger partial charge in [-0.1, -0.05) is 58.1 Å². The Morgan fingerprint density at radius 2 is 1.50 bits per heavy atom. The first-order chi connectivity index (χ1) is 16.2. The number of aliphatic hydroxyl groups is 2. The number of hydrogen-bond acceptors (Lipinski definition) is 9. The van der Waals surface area contributed by atoms with Crippen LogP contribution in [-0.2, 0) is 32.7 Å². The van der Waals surface area contributed by atoms with Crippen LogP contribution in [0, 0.1) is 0 Å². The summed E-state index contributed by atoms with van der Waals surface area (Å²) >= 11 is 0. The highest BCUT2D eigenvalue weighted by Gasteiger charge is 2.26. The highest BCUT2D eigenvalue weighted by Crippen LogP contribution is 2.43. The molecule has 0 aromatic carbocycles. The second-order valence-electron chi connectivity index (χ2n) is 7.96. The van der Waals surface area contributed by atoms with Gasteiger partial charge in [0.15, 0.2) is 6.10 Å². The molecule has 0 bridgehead atoms. The highest BCUT2D eigenvalue weighted by molar-refractivity contribution is 7.47. The Morgan fingerprint density at radius 3 is 2.15 bits per heavy atom. The van der Waals surface area contributed by atoms with Crippen LogP contribution in [0.3, 0.4) is 0 Å². The summed E-state index contributed by atoms with van der Waals surface area (Å²) in [6.07, 6.45) is 11.7. The zero-order valence-electron chi connectivity index (χ0n) is 20.6. The zero-order chi connectivity index (χ0) is 25.7. The number of carbonyl (C=O) groups is 2. The quantitative estimate of drug-likeness (QED) is 0.0849. The fraction of sp³-hybridized carbons (Fsp3) is 0.826. The van der Waals surface area contributed by atoms with Crippen LogP contribution in [0.25, 0.3) is 0 Å². The third-order valence-electron chi connectivity index (χ3n) is 4.72. The minimum Gasteiger partial charge on any atom is -0.462 e. The van der Waals surface area contributed by atoms with Crippen LogP contribution < -0.4 is 0 Å². The Balaban J connectivity index is 4.28. The van der Waals surface area contributed by atoms with Crippen molar-refractivity contribution >= 4 is 19.8 Å². The molecule has 3 N–H and O–H groups in total. The number of esters is 2. The molecule has 34 heavy (non-hydrogen) atoms. The summed E-state index contributed by atoms with van der Waals surface area (Å²) in [5, 5.41) is 17.9. The maximum Gasteiger partial charge on any atom is 0.472 e. The van der Waals surface area contributed by atoms with E-state index in [1.165, 1.54) is 12.8 Å². The van der Waals surface area contributed by atoms with E-state index in [2.05, 4.69) is 23.6 Å². The number of phosphoric acid groups is 1. The lowest BCUT2D eigenvalue weighted by atomic mass is 10.1. The fourth-order valence-corrected chi connectivity index (χ4v) is 3.51. The van der Waals surface area contributed by atoms with Crippen molar-refractivity contribution < 1.29 is 47.8 Å². The number of aliphatic hydroxyl groups excluding tert-OH is 2. The van der Waals surface area contributed by atoms with E-state index >= 15 is 0 Å². The third kappa shape index (κ3) is 20.1. The van der Waals surface area contributed by atoms with Crippen molar-refractivity contribution in [3.63, 3.8) is 0 Å². The van der Waals surface area contributed by atoms with Gasteiger partial charge in [-0.3, -0.25) is 18.6 Å². The molecule has 10 nitrogen and oxygen atoms in total. The summed E-state index contributed by atoms with van der Waals surface area (Å²) in [5.74, 6) is -1.04. The molecule has 11 heteroatoms. The van der Waals surface area contributed by atoms with Gasteiger partial charge in [-0.2, -0.15) is 0 Å². The van der Waals surface area contributed by atoms with Gasteiger partial charge in [0.2, 0.25) is 0 Å². The van der Waals surface area contributed by atoms with Crippen molar-refractivity contribution in [3.05, 3.63) is 12.2 Å². The van der Waals surface area contributed by atoms with Gasteiger partial charge in [0, 0.05) is 12.8 Å². The summed E-state index contributed by atoms with van der Waals surface area (Å²) in [6.45, 7) is 1.64. The number of ether oxygens (including phenoxy) is 2. The Hall–Kier alpha value is -1.29. The zero-order valence-corrected chi connectivity index (χ0v) is 21.5. The number of phosphoric ester groups is 1. The molecule has 0 aromatic heterocycles. The molecule has 200 valence electrons. The molecule has 3 atom stereocenters. The molecule has 0 heterocycles. The lowest BCUT2D eigenvalue weighted by Crippen LogP contribution is -2.29. The predicted octanol–water partition coefficient (Wildman–Crippen LogP) is 3.82.